The lowest BCUT2D eigenvalue weighted by molar-refractivity contribution is 0.200. The molecule has 0 atom stereocenters. The second-order valence-corrected chi connectivity index (χ2v) is 4.57. The Morgan fingerprint density at radius 2 is 1.76 bits per heavy atom. The molecule has 0 spiro atoms. The van der Waals surface area contributed by atoms with Crippen LogP contribution in [0.4, 0.5) is 0 Å². The van der Waals surface area contributed by atoms with Crippen molar-refractivity contribution in [3.8, 4) is 0 Å². The van der Waals surface area contributed by atoms with Gasteiger partial charge in [0.05, 0.1) is 6.61 Å². The molecule has 0 fully saturated rings. The maximum Gasteiger partial charge on any atom is 0.131 e. The van der Waals surface area contributed by atoms with E-state index in [-0.39, 0.29) is 0 Å². The van der Waals surface area contributed by atoms with Gasteiger partial charge in [0.15, 0.2) is 0 Å². The van der Waals surface area contributed by atoms with Crippen molar-refractivity contribution in [1.82, 2.24) is 15.3 Å². The fourth-order valence-corrected chi connectivity index (χ4v) is 1.68. The molecule has 96 valence electrons. The van der Waals surface area contributed by atoms with Crippen LogP contribution < -0.4 is 5.32 Å². The van der Waals surface area contributed by atoms with E-state index in [4.69, 9.17) is 4.74 Å². The van der Waals surface area contributed by atoms with Crippen molar-refractivity contribution in [2.75, 3.05) is 13.7 Å². The second kappa shape index (κ2) is 6.67. The van der Waals surface area contributed by atoms with Crippen LogP contribution in [-0.4, -0.2) is 29.7 Å². The van der Waals surface area contributed by atoms with Crippen molar-refractivity contribution in [3.63, 3.8) is 0 Å². The summed E-state index contributed by atoms with van der Waals surface area (Å²) >= 11 is 0. The molecule has 1 N–H and O–H groups in total. The molecule has 4 heteroatoms. The molecule has 4 nitrogen and oxygen atoms in total. The Labute approximate surface area is 104 Å². The maximum atomic E-state index is 5.04. The molecule has 0 amide bonds. The van der Waals surface area contributed by atoms with Crippen LogP contribution in [0.3, 0.4) is 0 Å². The summed E-state index contributed by atoms with van der Waals surface area (Å²) in [6.07, 6.45) is 0.774. The van der Waals surface area contributed by atoms with Crippen LogP contribution in [0.5, 0.6) is 0 Å². The topological polar surface area (TPSA) is 47.0 Å². The number of aryl methyl sites for hydroxylation is 2. The highest BCUT2D eigenvalue weighted by atomic mass is 16.5. The van der Waals surface area contributed by atoms with Crippen molar-refractivity contribution in [1.29, 1.82) is 0 Å². The van der Waals surface area contributed by atoms with Crippen LogP contribution in [0.1, 0.15) is 36.6 Å². The second-order valence-electron chi connectivity index (χ2n) is 4.57. The summed E-state index contributed by atoms with van der Waals surface area (Å²) in [6, 6.07) is 0.474. The third-order valence-electron chi connectivity index (χ3n) is 2.68. The van der Waals surface area contributed by atoms with Gasteiger partial charge in [0.2, 0.25) is 0 Å². The number of nitrogens with zero attached hydrogens (tertiary/aromatic N) is 2. The molecule has 0 unspecified atom stereocenters. The van der Waals surface area contributed by atoms with Crippen molar-refractivity contribution in [2.45, 2.75) is 46.7 Å². The molecule has 0 aliphatic carbocycles. The van der Waals surface area contributed by atoms with Gasteiger partial charge >= 0.3 is 0 Å². The van der Waals surface area contributed by atoms with Gasteiger partial charge in [-0.2, -0.15) is 0 Å². The van der Waals surface area contributed by atoms with E-state index in [1.807, 2.05) is 13.8 Å². The molecule has 0 aromatic carbocycles. The lowest BCUT2D eigenvalue weighted by Crippen LogP contribution is -2.23. The van der Waals surface area contributed by atoms with Crippen molar-refractivity contribution in [2.24, 2.45) is 0 Å². The SMILES string of the molecule is COCCc1nc(C)c(CNC(C)C)c(C)n1. The zero-order chi connectivity index (χ0) is 12.8. The van der Waals surface area contributed by atoms with Gasteiger partial charge in [-0.1, -0.05) is 13.8 Å². The fraction of sp³-hybridized carbons (Fsp3) is 0.692. The average molecular weight is 237 g/mol. The van der Waals surface area contributed by atoms with Crippen LogP contribution in [0, 0.1) is 13.8 Å². The van der Waals surface area contributed by atoms with Crippen molar-refractivity contribution < 1.29 is 4.74 Å². The highest BCUT2D eigenvalue weighted by Crippen LogP contribution is 2.10. The molecule has 0 saturated heterocycles. The standard InChI is InChI=1S/C13H23N3O/c1-9(2)14-8-12-10(3)15-13(6-7-17-5)16-11(12)4/h9,14H,6-8H2,1-5H3. The van der Waals surface area contributed by atoms with Crippen molar-refractivity contribution in [3.05, 3.63) is 22.8 Å². The van der Waals surface area contributed by atoms with E-state index < -0.39 is 0 Å². The molecule has 1 aromatic rings. The van der Waals surface area contributed by atoms with Crippen LogP contribution in [0.2, 0.25) is 0 Å². The van der Waals surface area contributed by atoms with Gasteiger partial charge in [0.25, 0.3) is 0 Å². The van der Waals surface area contributed by atoms with Crippen LogP contribution in [0.15, 0.2) is 0 Å². The Bertz CT molecular complexity index is 341. The molecule has 0 bridgehead atoms. The molecular formula is C13H23N3O. The fourth-order valence-electron chi connectivity index (χ4n) is 1.68. The Balaban J connectivity index is 2.79. The van der Waals surface area contributed by atoms with Gasteiger partial charge in [-0.3, -0.25) is 0 Å². The largest absolute Gasteiger partial charge is 0.384 e. The van der Waals surface area contributed by atoms with Crippen LogP contribution in [0.25, 0.3) is 0 Å². The van der Waals surface area contributed by atoms with Crippen LogP contribution in [-0.2, 0) is 17.7 Å². The minimum absolute atomic E-state index is 0.474. The highest BCUT2D eigenvalue weighted by Gasteiger charge is 2.08. The molecule has 0 saturated carbocycles. The summed E-state index contributed by atoms with van der Waals surface area (Å²) in [5.74, 6) is 0.871. The smallest absolute Gasteiger partial charge is 0.131 e. The van der Waals surface area contributed by atoms with Gasteiger partial charge < -0.3 is 10.1 Å². The first-order chi connectivity index (χ1) is 8.04. The monoisotopic (exact) mass is 237 g/mol. The van der Waals surface area contributed by atoms with Gasteiger partial charge in [-0.25, -0.2) is 9.97 Å². The summed E-state index contributed by atoms with van der Waals surface area (Å²) in [6.45, 7) is 9.87. The summed E-state index contributed by atoms with van der Waals surface area (Å²) < 4.78 is 5.04. The molecular weight excluding hydrogens is 214 g/mol. The number of nitrogens with one attached hydrogen (secondary N) is 1. The summed E-state index contributed by atoms with van der Waals surface area (Å²) in [5, 5.41) is 3.40. The van der Waals surface area contributed by atoms with Crippen molar-refractivity contribution >= 4 is 0 Å². The Morgan fingerprint density at radius 3 is 2.24 bits per heavy atom. The molecule has 0 aliphatic heterocycles. The van der Waals surface area contributed by atoms with E-state index >= 15 is 0 Å². The zero-order valence-corrected chi connectivity index (χ0v) is 11.5. The third kappa shape index (κ3) is 4.40. The predicted octanol–water partition coefficient (Wildman–Crippen LogP) is 1.78. The average Bonchev–Trinajstić information content (AvgIpc) is 2.24. The first-order valence-corrected chi connectivity index (χ1v) is 6.10. The van der Waals surface area contributed by atoms with E-state index in [1.54, 1.807) is 7.11 Å². The summed E-state index contributed by atoms with van der Waals surface area (Å²) in [5.41, 5.74) is 3.34. The minimum Gasteiger partial charge on any atom is -0.384 e. The summed E-state index contributed by atoms with van der Waals surface area (Å²) in [4.78, 5) is 9.04. The number of ether oxygens (including phenoxy) is 1. The normalized spacial score (nSPS) is 11.2. The lowest BCUT2D eigenvalue weighted by atomic mass is 10.1. The highest BCUT2D eigenvalue weighted by molar-refractivity contribution is 5.24. The van der Waals surface area contributed by atoms with Gasteiger partial charge in [-0.15, -0.1) is 0 Å². The first kappa shape index (κ1) is 14.1. The van der Waals surface area contributed by atoms with Gasteiger partial charge in [0.1, 0.15) is 5.82 Å². The third-order valence-corrected chi connectivity index (χ3v) is 2.68. The first-order valence-electron chi connectivity index (χ1n) is 6.10. The molecule has 0 radical (unpaired) electrons. The van der Waals surface area contributed by atoms with Crippen LogP contribution >= 0.6 is 0 Å². The van der Waals surface area contributed by atoms with E-state index in [9.17, 15) is 0 Å². The predicted molar refractivity (Wildman–Crippen MR) is 69.1 cm³/mol. The summed E-state index contributed by atoms with van der Waals surface area (Å²) in [7, 11) is 1.70. The van der Waals surface area contributed by atoms with E-state index in [0.717, 1.165) is 30.2 Å². The van der Waals surface area contributed by atoms with E-state index in [0.29, 0.717) is 12.6 Å². The Hall–Kier alpha value is -1.00. The molecule has 1 heterocycles. The maximum absolute atomic E-state index is 5.04. The number of hydrogen-bond acceptors (Lipinski definition) is 4. The Kier molecular flexibility index (Phi) is 5.51. The van der Waals surface area contributed by atoms with E-state index in [1.165, 1.54) is 5.56 Å². The lowest BCUT2D eigenvalue weighted by Gasteiger charge is -2.13. The molecule has 0 aliphatic rings. The molecule has 17 heavy (non-hydrogen) atoms. The van der Waals surface area contributed by atoms with Gasteiger partial charge in [-0.05, 0) is 13.8 Å². The number of rotatable bonds is 6. The molecule has 1 rings (SSSR count). The number of methoxy groups -OCH3 is 1. The molecule has 1 aromatic heterocycles. The van der Waals surface area contributed by atoms with Gasteiger partial charge in [0, 0.05) is 43.1 Å². The number of hydrogen-bond donors (Lipinski definition) is 1. The Morgan fingerprint density at radius 1 is 1.18 bits per heavy atom. The van der Waals surface area contributed by atoms with E-state index in [2.05, 4.69) is 29.1 Å². The quantitative estimate of drug-likeness (QED) is 0.819. The minimum atomic E-state index is 0.474. The zero-order valence-electron chi connectivity index (χ0n) is 11.5. The number of aromatic nitrogens is 2.